The van der Waals surface area contributed by atoms with Crippen LogP contribution in [0.25, 0.3) is 42.9 Å². The number of fused-ring (bicyclic) bond motifs is 4. The molecule has 6 aliphatic rings. The summed E-state index contributed by atoms with van der Waals surface area (Å²) >= 11 is 31.3. The van der Waals surface area contributed by atoms with E-state index in [9.17, 15) is 23.5 Å². The second kappa shape index (κ2) is 24.8. The molecule has 1 N–H and O–H groups in total. The van der Waals surface area contributed by atoms with E-state index in [0.29, 0.717) is 87.6 Å². The van der Waals surface area contributed by atoms with Gasteiger partial charge in [-0.15, -0.1) is 11.3 Å². The smallest absolute Gasteiger partial charge is 0.338 e. The summed E-state index contributed by atoms with van der Waals surface area (Å²) in [5, 5.41) is 20.7. The molecule has 8 atom stereocenters. The molecule has 4 aromatic heterocycles. The predicted molar refractivity (Wildman–Crippen MR) is 304 cm³/mol. The van der Waals surface area contributed by atoms with Gasteiger partial charge in [-0.2, -0.15) is 4.98 Å². The summed E-state index contributed by atoms with van der Waals surface area (Å²) in [7, 11) is 2.50. The number of halogens is 7. The van der Waals surface area contributed by atoms with Crippen LogP contribution in [0.5, 0.6) is 5.19 Å². The molecular formula is C56H47BrCl4F2N4O14S2. The van der Waals surface area contributed by atoms with Crippen molar-refractivity contribution in [3.63, 3.8) is 0 Å². The van der Waals surface area contributed by atoms with Crippen molar-refractivity contribution in [3.05, 3.63) is 130 Å². The highest BCUT2D eigenvalue weighted by Crippen LogP contribution is 2.48. The highest BCUT2D eigenvalue weighted by Gasteiger charge is 2.51. The second-order valence-corrected chi connectivity index (χ2v) is 25.1. The van der Waals surface area contributed by atoms with Gasteiger partial charge in [0, 0.05) is 34.1 Å². The highest BCUT2D eigenvalue weighted by atomic mass is 79.9. The first-order valence-electron chi connectivity index (χ1n) is 26.1. The molecule has 83 heavy (non-hydrogen) atoms. The first kappa shape index (κ1) is 58.4. The lowest BCUT2D eigenvalue weighted by Crippen LogP contribution is -2.35. The lowest BCUT2D eigenvalue weighted by molar-refractivity contribution is -0.0441. The zero-order chi connectivity index (χ0) is 57.8. The Morgan fingerprint density at radius 2 is 1.06 bits per heavy atom. The van der Waals surface area contributed by atoms with Crippen LogP contribution in [0, 0.1) is 11.6 Å². The van der Waals surface area contributed by atoms with Gasteiger partial charge in [0.15, 0.2) is 21.7 Å². The number of hydrogen-bond donors (Lipinski definition) is 1. The van der Waals surface area contributed by atoms with Crippen LogP contribution in [-0.2, 0) is 51.1 Å². The van der Waals surface area contributed by atoms with Crippen molar-refractivity contribution in [2.45, 2.75) is 99.6 Å². The topological polar surface area (TPSA) is 215 Å². The zero-order valence-corrected chi connectivity index (χ0v) is 49.9. The average Bonchev–Trinajstić information content (AvgIpc) is 3.31. The Hall–Kier alpha value is -4.96. The van der Waals surface area contributed by atoms with E-state index in [4.69, 9.17) is 93.3 Å². The van der Waals surface area contributed by atoms with Gasteiger partial charge in [-0.05, 0) is 90.1 Å². The highest BCUT2D eigenvalue weighted by molar-refractivity contribution is 9.11. The first-order valence-corrected chi connectivity index (χ1v) is 30.0. The van der Waals surface area contributed by atoms with Gasteiger partial charge in [-0.25, -0.2) is 23.4 Å². The van der Waals surface area contributed by atoms with Crippen LogP contribution < -0.4 is 4.74 Å². The molecule has 14 rings (SSSR count). The minimum absolute atomic E-state index is 0.105. The maximum absolute atomic E-state index is 14.6. The van der Waals surface area contributed by atoms with Crippen LogP contribution in [0.15, 0.2) is 73.6 Å². The summed E-state index contributed by atoms with van der Waals surface area (Å²) in [6, 6.07) is 16.0. The summed E-state index contributed by atoms with van der Waals surface area (Å²) in [6.45, 7) is 1.73. The number of ether oxygens (including phenoxy) is 9. The lowest BCUT2D eigenvalue weighted by Gasteiger charge is -2.17. The number of carbonyl (C=O) groups excluding carboxylic acids is 2. The fourth-order valence-electron chi connectivity index (χ4n) is 10.3. The molecule has 0 unspecified atom stereocenters. The van der Waals surface area contributed by atoms with Crippen LogP contribution in [0.1, 0.15) is 80.9 Å². The van der Waals surface area contributed by atoms with Gasteiger partial charge >= 0.3 is 11.9 Å². The molecule has 436 valence electrons. The van der Waals surface area contributed by atoms with Gasteiger partial charge in [-0.1, -0.05) is 80.2 Å². The number of carbonyl (C=O) groups is 2. The number of methoxy groups -OCH3 is 2. The Morgan fingerprint density at radius 3 is 1.55 bits per heavy atom. The van der Waals surface area contributed by atoms with Crippen LogP contribution in [0.2, 0.25) is 20.1 Å². The Bertz CT molecular complexity index is 3710. The Morgan fingerprint density at radius 1 is 0.627 bits per heavy atom. The maximum atomic E-state index is 14.6. The van der Waals surface area contributed by atoms with Gasteiger partial charge in [0.05, 0.1) is 94.5 Å². The van der Waals surface area contributed by atoms with Crippen molar-refractivity contribution < 1.29 is 75.2 Å². The zero-order valence-electron chi connectivity index (χ0n) is 43.6. The molecule has 4 aromatic carbocycles. The molecule has 4 saturated heterocycles. The molecule has 0 radical (unpaired) electrons. The Balaban J connectivity index is 0.000000138. The van der Waals surface area contributed by atoms with Crippen LogP contribution >= 0.6 is 85.0 Å². The average molecular weight is 1320 g/mol. The normalized spacial score (nSPS) is 23.4. The van der Waals surface area contributed by atoms with E-state index in [1.165, 1.54) is 31.6 Å². The molecular weight excluding hydrogens is 1280 g/mol. The van der Waals surface area contributed by atoms with Gasteiger partial charge < -0.3 is 56.8 Å². The van der Waals surface area contributed by atoms with Crippen molar-refractivity contribution in [1.82, 2.24) is 20.3 Å². The Labute approximate surface area is 507 Å². The molecule has 6 fully saturated rings. The van der Waals surface area contributed by atoms with E-state index in [0.717, 1.165) is 71.8 Å². The molecule has 2 saturated carbocycles. The van der Waals surface area contributed by atoms with Crippen molar-refractivity contribution in [2.24, 2.45) is 0 Å². The van der Waals surface area contributed by atoms with E-state index in [1.54, 1.807) is 42.5 Å². The van der Waals surface area contributed by atoms with Crippen molar-refractivity contribution >= 4 is 117 Å². The third-order valence-corrected chi connectivity index (χ3v) is 18.3. The summed E-state index contributed by atoms with van der Waals surface area (Å²) in [4.78, 5) is 31.3. The number of thiazole rings is 2. The SMILES string of the molecule is COC(=O)c1cc(F)c2nc(Br)sc2c1.COC(=O)c1cc(F)c2nc(O[C@@H]3CO[C@H]4[C@@H]3OC[C@H]4OCc3c(-c4c(Cl)cccc4Cl)noc3C3CC3)sc2c1.O[C@@H]1CO[C@H]2[C@@H]1OC[C@H]2OCc1c(-c2c(Cl)cccc2Cl)noc1C1CC1. The van der Waals surface area contributed by atoms with E-state index in [-0.39, 0.29) is 77.7 Å². The van der Waals surface area contributed by atoms with E-state index >= 15 is 0 Å². The fourth-order valence-corrected chi connectivity index (χ4v) is 13.8. The van der Waals surface area contributed by atoms with Crippen molar-refractivity contribution in [1.29, 1.82) is 0 Å². The number of benzene rings is 4. The van der Waals surface area contributed by atoms with Gasteiger partial charge in [0.25, 0.3) is 5.19 Å². The summed E-state index contributed by atoms with van der Waals surface area (Å²) in [5.41, 5.74) is 4.84. The number of aromatic nitrogens is 4. The molecule has 4 aliphatic heterocycles. The third kappa shape index (κ3) is 12.1. The maximum Gasteiger partial charge on any atom is 0.338 e. The van der Waals surface area contributed by atoms with Crippen LogP contribution in [0.3, 0.4) is 0 Å². The van der Waals surface area contributed by atoms with Crippen molar-refractivity contribution in [3.8, 4) is 27.7 Å². The fraction of sp³-hybridized carbons (Fsp3) is 0.393. The number of esters is 2. The minimum atomic E-state index is -0.628. The standard InChI is InChI=1S/C28H23Cl2FN2O7S.C19H19Cl2NO5.C9H5BrFNO2S/c1-35-27(34)13-7-17(31)23-20(8-13)41-28(32-23)39-19-11-38-25-18(10-37-26(19)25)36-9-14-22(33-40-24(14)12-5-6-12)21-15(29)3-2-4-16(21)30;20-11-2-1-3-12(21)15(11)16-10(17(27-22-16)9-4-5-9)6-24-14-8-26-18-13(23)7-25-19(14)18;1-14-8(13)4-2-5(11)7-6(3-4)15-9(10)12-7/h2-4,7-8,12,18-19,25-26H,5-6,9-11H2,1H3;1-3,9,13-14,18-19,23H,4-8H2;2-3H,1H3/t18-,19-,25-,26-;13-,14-,18-,19-;/m11./s1. The molecule has 18 nitrogen and oxygen atoms in total. The predicted octanol–water partition coefficient (Wildman–Crippen LogP) is 12.7. The molecule has 2 aliphatic carbocycles. The number of nitrogens with zero attached hydrogens (tertiary/aromatic N) is 4. The van der Waals surface area contributed by atoms with E-state index in [1.807, 2.05) is 0 Å². The largest absolute Gasteiger partial charge is 0.465 e. The third-order valence-electron chi connectivity index (χ3n) is 14.7. The number of aliphatic hydroxyl groups excluding tert-OH is 1. The van der Waals surface area contributed by atoms with Crippen LogP contribution in [-0.4, -0.2) is 127 Å². The van der Waals surface area contributed by atoms with Gasteiger partial charge in [-0.3, -0.25) is 0 Å². The van der Waals surface area contributed by atoms with Crippen LogP contribution in [0.4, 0.5) is 8.78 Å². The van der Waals surface area contributed by atoms with Crippen molar-refractivity contribution in [2.75, 3.05) is 40.6 Å². The molecule has 0 bridgehead atoms. The van der Waals surface area contributed by atoms with Gasteiger partial charge in [0.2, 0.25) is 0 Å². The number of rotatable bonds is 14. The number of aliphatic hydroxyl groups is 1. The first-order chi connectivity index (χ1) is 40.2. The summed E-state index contributed by atoms with van der Waals surface area (Å²) in [5.74, 6) is -0.0410. The summed E-state index contributed by atoms with van der Waals surface area (Å²) < 4.78 is 92.2. The van der Waals surface area contributed by atoms with E-state index in [2.05, 4.69) is 40.9 Å². The molecule has 0 amide bonds. The Kier molecular flexibility index (Phi) is 17.5. The molecule has 27 heteroatoms. The molecule has 8 aromatic rings. The van der Waals surface area contributed by atoms with E-state index < -0.39 is 41.9 Å². The second-order valence-electron chi connectivity index (χ2n) is 20.1. The minimum Gasteiger partial charge on any atom is -0.465 e. The molecule has 8 heterocycles. The van der Waals surface area contributed by atoms with Gasteiger partial charge in [0.1, 0.15) is 76.7 Å². The summed E-state index contributed by atoms with van der Waals surface area (Å²) in [6.07, 6.45) is 1.19. The number of hydrogen-bond acceptors (Lipinski definition) is 20. The quantitative estimate of drug-likeness (QED) is 0.100. The lowest BCUT2D eigenvalue weighted by atomic mass is 10.0. The molecule has 0 spiro atoms. The monoisotopic (exact) mass is 1320 g/mol.